The third-order valence-corrected chi connectivity index (χ3v) is 5.06. The van der Waals surface area contributed by atoms with Crippen molar-refractivity contribution < 1.29 is 22.7 Å². The minimum atomic E-state index is -3.89. The van der Waals surface area contributed by atoms with Gasteiger partial charge in [-0.1, -0.05) is 30.3 Å². The summed E-state index contributed by atoms with van der Waals surface area (Å²) in [4.78, 5) is 23.5. The molecule has 0 fully saturated rings. The monoisotopic (exact) mass is 340 g/mol. The molecule has 1 unspecified atom stereocenters. The highest BCUT2D eigenvalue weighted by molar-refractivity contribution is 7.91. The van der Waals surface area contributed by atoms with Crippen molar-refractivity contribution >= 4 is 33.2 Å². The van der Waals surface area contributed by atoms with E-state index >= 15 is 0 Å². The molecule has 0 saturated carbocycles. The van der Waals surface area contributed by atoms with Crippen LogP contribution in [0.2, 0.25) is 0 Å². The Hall–Kier alpha value is -2.23. The number of carbonyl (C=O) groups is 2. The SMILES string of the molecule is NC(=O)C(OC(=O)c1csc(S(N)(=O)=O)c1)c1ccccc1. The van der Waals surface area contributed by atoms with Crippen LogP contribution in [0.1, 0.15) is 22.0 Å². The van der Waals surface area contributed by atoms with Crippen LogP contribution in [0.3, 0.4) is 0 Å². The van der Waals surface area contributed by atoms with Crippen LogP contribution in [-0.4, -0.2) is 20.3 Å². The number of carbonyl (C=O) groups excluding carboxylic acids is 2. The molecule has 0 bridgehead atoms. The molecule has 1 heterocycles. The lowest BCUT2D eigenvalue weighted by molar-refractivity contribution is -0.127. The van der Waals surface area contributed by atoms with Gasteiger partial charge in [-0.3, -0.25) is 4.79 Å². The number of benzene rings is 1. The van der Waals surface area contributed by atoms with Crippen LogP contribution in [0.5, 0.6) is 0 Å². The van der Waals surface area contributed by atoms with Gasteiger partial charge in [0, 0.05) is 10.9 Å². The maximum Gasteiger partial charge on any atom is 0.340 e. The Morgan fingerprint density at radius 3 is 2.32 bits per heavy atom. The maximum absolute atomic E-state index is 12.0. The Labute approximate surface area is 130 Å². The number of hydrogen-bond acceptors (Lipinski definition) is 6. The summed E-state index contributed by atoms with van der Waals surface area (Å²) in [7, 11) is -3.89. The first-order chi connectivity index (χ1) is 10.3. The Morgan fingerprint density at radius 1 is 1.18 bits per heavy atom. The van der Waals surface area contributed by atoms with E-state index in [1.165, 1.54) is 5.38 Å². The molecule has 0 aliphatic rings. The lowest BCUT2D eigenvalue weighted by Gasteiger charge is -2.14. The lowest BCUT2D eigenvalue weighted by Crippen LogP contribution is -2.26. The summed E-state index contributed by atoms with van der Waals surface area (Å²) in [6.07, 6.45) is -1.26. The van der Waals surface area contributed by atoms with Gasteiger partial charge in [0.1, 0.15) is 4.21 Å². The normalized spacial score (nSPS) is 12.6. The molecule has 0 spiro atoms. The number of rotatable bonds is 5. The van der Waals surface area contributed by atoms with Gasteiger partial charge in [0.15, 0.2) is 0 Å². The second-order valence-corrected chi connectivity index (χ2v) is 7.00. The molecule has 2 aromatic rings. The summed E-state index contributed by atoms with van der Waals surface area (Å²) in [6.45, 7) is 0. The molecule has 1 aromatic heterocycles. The number of thiophene rings is 1. The van der Waals surface area contributed by atoms with Crippen molar-refractivity contribution in [3.8, 4) is 0 Å². The second kappa shape index (κ2) is 6.26. The summed E-state index contributed by atoms with van der Waals surface area (Å²) >= 11 is 0.786. The van der Waals surface area contributed by atoms with Crippen LogP contribution in [-0.2, 0) is 19.6 Å². The maximum atomic E-state index is 12.0. The summed E-state index contributed by atoms with van der Waals surface area (Å²) in [5.74, 6) is -1.69. The van der Waals surface area contributed by atoms with Crippen LogP contribution in [0.25, 0.3) is 0 Å². The topological polar surface area (TPSA) is 130 Å². The Kier molecular flexibility index (Phi) is 4.59. The number of ether oxygens (including phenoxy) is 1. The van der Waals surface area contributed by atoms with Crippen LogP contribution < -0.4 is 10.9 Å². The van der Waals surface area contributed by atoms with Crippen molar-refractivity contribution in [3.63, 3.8) is 0 Å². The molecule has 0 aliphatic heterocycles. The first-order valence-corrected chi connectivity index (χ1v) is 8.38. The molecule has 1 amide bonds. The second-order valence-electron chi connectivity index (χ2n) is 4.30. The van der Waals surface area contributed by atoms with E-state index in [1.54, 1.807) is 30.3 Å². The molecule has 0 saturated heterocycles. The van der Waals surface area contributed by atoms with Gasteiger partial charge in [-0.15, -0.1) is 11.3 Å². The van der Waals surface area contributed by atoms with Crippen molar-refractivity contribution in [2.24, 2.45) is 10.9 Å². The summed E-state index contributed by atoms with van der Waals surface area (Å²) in [5.41, 5.74) is 5.64. The van der Waals surface area contributed by atoms with E-state index in [4.69, 9.17) is 15.6 Å². The van der Waals surface area contributed by atoms with Crippen molar-refractivity contribution in [2.45, 2.75) is 10.3 Å². The van der Waals surface area contributed by atoms with Gasteiger partial charge >= 0.3 is 5.97 Å². The number of sulfonamides is 1. The zero-order valence-corrected chi connectivity index (χ0v) is 12.8. The average Bonchev–Trinajstić information content (AvgIpc) is 2.95. The molecular formula is C13H12N2O5S2. The van der Waals surface area contributed by atoms with Crippen molar-refractivity contribution in [2.75, 3.05) is 0 Å². The van der Waals surface area contributed by atoms with E-state index in [1.807, 2.05) is 0 Å². The van der Waals surface area contributed by atoms with Crippen molar-refractivity contribution in [1.29, 1.82) is 0 Å². The fourth-order valence-corrected chi connectivity index (χ4v) is 3.24. The zero-order chi connectivity index (χ0) is 16.3. The number of primary sulfonamides is 1. The van der Waals surface area contributed by atoms with Crippen molar-refractivity contribution in [3.05, 3.63) is 52.9 Å². The summed E-state index contributed by atoms with van der Waals surface area (Å²) in [6, 6.07) is 9.34. The fourth-order valence-electron chi connectivity index (χ4n) is 1.67. The average molecular weight is 340 g/mol. The number of esters is 1. The standard InChI is InChI=1S/C13H12N2O5S2/c14-12(16)11(8-4-2-1-3-5-8)20-13(17)9-6-10(21-7-9)22(15,18)19/h1-7,11H,(H2,14,16)(H2,15,18,19). The third-order valence-electron chi connectivity index (χ3n) is 2.68. The first kappa shape index (κ1) is 16.1. The smallest absolute Gasteiger partial charge is 0.340 e. The molecule has 9 heteroatoms. The number of amides is 1. The van der Waals surface area contributed by atoms with Crippen LogP contribution in [0.15, 0.2) is 46.0 Å². The van der Waals surface area contributed by atoms with Crippen LogP contribution in [0, 0.1) is 0 Å². The van der Waals surface area contributed by atoms with E-state index in [0.717, 1.165) is 17.4 Å². The highest BCUT2D eigenvalue weighted by Gasteiger charge is 2.24. The lowest BCUT2D eigenvalue weighted by atomic mass is 10.1. The van der Waals surface area contributed by atoms with Gasteiger partial charge < -0.3 is 10.5 Å². The van der Waals surface area contributed by atoms with Gasteiger partial charge in [-0.05, 0) is 6.07 Å². The van der Waals surface area contributed by atoms with E-state index in [9.17, 15) is 18.0 Å². The molecule has 7 nitrogen and oxygen atoms in total. The van der Waals surface area contributed by atoms with Crippen LogP contribution in [0.4, 0.5) is 0 Å². The van der Waals surface area contributed by atoms with E-state index in [-0.39, 0.29) is 9.77 Å². The van der Waals surface area contributed by atoms with Gasteiger partial charge in [-0.2, -0.15) is 0 Å². The predicted molar refractivity (Wildman–Crippen MR) is 79.5 cm³/mol. The molecule has 0 radical (unpaired) electrons. The molecule has 116 valence electrons. The molecule has 1 atom stereocenters. The first-order valence-electron chi connectivity index (χ1n) is 5.95. The van der Waals surface area contributed by atoms with Gasteiger partial charge in [0.2, 0.25) is 16.1 Å². The Morgan fingerprint density at radius 2 is 1.82 bits per heavy atom. The zero-order valence-electron chi connectivity index (χ0n) is 11.1. The minimum Gasteiger partial charge on any atom is -0.444 e. The van der Waals surface area contributed by atoms with E-state index < -0.39 is 28.0 Å². The molecule has 4 N–H and O–H groups in total. The van der Waals surface area contributed by atoms with E-state index in [0.29, 0.717) is 5.56 Å². The fraction of sp³-hybridized carbons (Fsp3) is 0.0769. The summed E-state index contributed by atoms with van der Waals surface area (Å²) < 4.78 is 27.3. The largest absolute Gasteiger partial charge is 0.444 e. The van der Waals surface area contributed by atoms with Crippen LogP contribution >= 0.6 is 11.3 Å². The number of primary amides is 1. The summed E-state index contributed by atoms with van der Waals surface area (Å²) in [5, 5.41) is 6.25. The number of nitrogens with two attached hydrogens (primary N) is 2. The Bertz CT molecular complexity index is 799. The molecule has 1 aromatic carbocycles. The van der Waals surface area contributed by atoms with Gasteiger partial charge in [0.05, 0.1) is 5.56 Å². The van der Waals surface area contributed by atoms with Gasteiger partial charge in [-0.25, -0.2) is 18.4 Å². The van der Waals surface area contributed by atoms with E-state index in [2.05, 4.69) is 0 Å². The number of hydrogen-bond donors (Lipinski definition) is 2. The minimum absolute atomic E-state index is 0.0174. The molecule has 2 rings (SSSR count). The molecule has 22 heavy (non-hydrogen) atoms. The molecular weight excluding hydrogens is 328 g/mol. The highest BCUT2D eigenvalue weighted by Crippen LogP contribution is 2.23. The predicted octanol–water partition coefficient (Wildman–Crippen LogP) is 0.779. The van der Waals surface area contributed by atoms with Gasteiger partial charge in [0.25, 0.3) is 5.91 Å². The molecule has 0 aliphatic carbocycles. The highest BCUT2D eigenvalue weighted by atomic mass is 32.2. The van der Waals surface area contributed by atoms with Crippen molar-refractivity contribution in [1.82, 2.24) is 0 Å². The Balaban J connectivity index is 2.22. The quantitative estimate of drug-likeness (QED) is 0.777. The third kappa shape index (κ3) is 3.70.